The van der Waals surface area contributed by atoms with Crippen molar-refractivity contribution in [2.75, 3.05) is 0 Å². The molecule has 9 heteroatoms. The lowest BCUT2D eigenvalue weighted by atomic mass is 9.77. The second-order valence-corrected chi connectivity index (χ2v) is 8.44. The van der Waals surface area contributed by atoms with Crippen molar-refractivity contribution in [3.05, 3.63) is 27.7 Å². The van der Waals surface area contributed by atoms with Crippen molar-refractivity contribution in [2.24, 2.45) is 5.92 Å². The van der Waals surface area contributed by atoms with Crippen LogP contribution in [0.5, 0.6) is 5.75 Å². The Bertz CT molecular complexity index is 780. The summed E-state index contributed by atoms with van der Waals surface area (Å²) in [7, 11) is 0. The normalized spacial score (nSPS) is 26.1. The highest BCUT2D eigenvalue weighted by molar-refractivity contribution is 9.10. The molecule has 146 valence electrons. The van der Waals surface area contributed by atoms with Gasteiger partial charge in [-0.05, 0) is 72.7 Å². The van der Waals surface area contributed by atoms with E-state index in [-0.39, 0.29) is 0 Å². The first kappa shape index (κ1) is 19.9. The molecule has 2 aliphatic rings. The molecule has 1 saturated carbocycles. The lowest BCUT2D eigenvalue weighted by Crippen LogP contribution is -2.53. The van der Waals surface area contributed by atoms with E-state index in [0.29, 0.717) is 34.0 Å². The van der Waals surface area contributed by atoms with E-state index >= 15 is 0 Å². The third-order valence-corrected chi connectivity index (χ3v) is 5.93. The van der Waals surface area contributed by atoms with Crippen LogP contribution in [0.1, 0.15) is 39.5 Å². The predicted molar refractivity (Wildman–Crippen MR) is 103 cm³/mol. The number of carbonyl (C=O) groups excluding carboxylic acids is 3. The van der Waals surface area contributed by atoms with Gasteiger partial charge in [0.2, 0.25) is 0 Å². The van der Waals surface area contributed by atoms with Gasteiger partial charge in [-0.25, -0.2) is 4.79 Å². The van der Waals surface area contributed by atoms with Crippen molar-refractivity contribution in [3.63, 3.8) is 0 Å². The number of benzene rings is 1. The van der Waals surface area contributed by atoms with Crippen LogP contribution in [0.25, 0.3) is 0 Å². The molecule has 0 bridgehead atoms. The zero-order valence-corrected chi connectivity index (χ0v) is 17.4. The number of hydrazine groups is 1. The van der Waals surface area contributed by atoms with E-state index in [0.717, 1.165) is 17.9 Å². The molecule has 1 aliphatic carbocycles. The Hall–Kier alpha value is -1.80. The molecule has 1 unspecified atom stereocenters. The van der Waals surface area contributed by atoms with Crippen LogP contribution in [0.4, 0.5) is 4.79 Å². The maximum atomic E-state index is 12.8. The van der Waals surface area contributed by atoms with Crippen LogP contribution in [0, 0.1) is 5.92 Å². The molecule has 1 spiro atoms. The molecule has 1 aromatic rings. The average Bonchev–Trinajstić information content (AvgIpc) is 2.84. The van der Waals surface area contributed by atoms with E-state index in [4.69, 9.17) is 16.3 Å². The smallest absolute Gasteiger partial charge is 0.344 e. The number of halogens is 2. The van der Waals surface area contributed by atoms with Crippen LogP contribution in [0.3, 0.4) is 0 Å². The zero-order valence-electron chi connectivity index (χ0n) is 15.1. The highest BCUT2D eigenvalue weighted by atomic mass is 79.9. The molecular weight excluding hydrogens is 438 g/mol. The van der Waals surface area contributed by atoms with Gasteiger partial charge in [-0.1, -0.05) is 18.5 Å². The summed E-state index contributed by atoms with van der Waals surface area (Å²) in [4.78, 5) is 37.5. The number of carbonyl (C=O) groups is 3. The number of hydrogen-bond donors (Lipinski definition) is 2. The van der Waals surface area contributed by atoms with E-state index in [1.54, 1.807) is 18.2 Å². The van der Waals surface area contributed by atoms with Gasteiger partial charge in [0.25, 0.3) is 11.8 Å². The van der Waals surface area contributed by atoms with Gasteiger partial charge in [0.1, 0.15) is 11.3 Å². The molecule has 27 heavy (non-hydrogen) atoms. The van der Waals surface area contributed by atoms with Crippen molar-refractivity contribution in [1.82, 2.24) is 15.8 Å². The van der Waals surface area contributed by atoms with Gasteiger partial charge < -0.3 is 10.1 Å². The van der Waals surface area contributed by atoms with Crippen molar-refractivity contribution in [1.29, 1.82) is 0 Å². The van der Waals surface area contributed by atoms with Gasteiger partial charge in [0.15, 0.2) is 6.10 Å². The molecule has 1 saturated heterocycles. The van der Waals surface area contributed by atoms with E-state index in [9.17, 15) is 14.4 Å². The molecule has 1 atom stereocenters. The summed E-state index contributed by atoms with van der Waals surface area (Å²) in [6.07, 6.45) is 1.95. The van der Waals surface area contributed by atoms with E-state index in [1.807, 2.05) is 0 Å². The number of hydrogen-bond acceptors (Lipinski definition) is 4. The SMILES string of the molecule is CC1CCC2(CC1)NC(=O)N(NC(=O)C(C)Oc1ccc(Cl)cc1Br)C2=O. The van der Waals surface area contributed by atoms with Crippen LogP contribution < -0.4 is 15.5 Å². The molecule has 0 radical (unpaired) electrons. The first-order valence-corrected chi connectivity index (χ1v) is 9.98. The van der Waals surface area contributed by atoms with Crippen molar-refractivity contribution in [2.45, 2.75) is 51.2 Å². The summed E-state index contributed by atoms with van der Waals surface area (Å²) in [6, 6.07) is 4.30. The maximum absolute atomic E-state index is 12.8. The number of ether oxygens (including phenoxy) is 1. The monoisotopic (exact) mass is 457 g/mol. The van der Waals surface area contributed by atoms with Crippen molar-refractivity contribution < 1.29 is 19.1 Å². The summed E-state index contributed by atoms with van der Waals surface area (Å²) in [5.41, 5.74) is 1.48. The van der Waals surface area contributed by atoms with E-state index in [2.05, 4.69) is 33.6 Å². The van der Waals surface area contributed by atoms with E-state index < -0.39 is 29.5 Å². The third kappa shape index (κ3) is 4.06. The van der Waals surface area contributed by atoms with Crippen LogP contribution in [0.15, 0.2) is 22.7 Å². The van der Waals surface area contributed by atoms with Gasteiger partial charge >= 0.3 is 6.03 Å². The minimum absolute atomic E-state index is 0.410. The van der Waals surface area contributed by atoms with Gasteiger partial charge in [-0.3, -0.25) is 15.0 Å². The van der Waals surface area contributed by atoms with Crippen molar-refractivity contribution in [3.8, 4) is 5.75 Å². The number of amides is 4. The fraction of sp³-hybridized carbons (Fsp3) is 0.500. The molecule has 2 fully saturated rings. The summed E-state index contributed by atoms with van der Waals surface area (Å²) in [5.74, 6) is -0.0543. The van der Waals surface area contributed by atoms with Gasteiger partial charge in [-0.15, -0.1) is 0 Å². The molecule has 7 nitrogen and oxygen atoms in total. The lowest BCUT2D eigenvalue weighted by Gasteiger charge is -2.33. The highest BCUT2D eigenvalue weighted by Crippen LogP contribution is 2.36. The summed E-state index contributed by atoms with van der Waals surface area (Å²) >= 11 is 9.20. The van der Waals surface area contributed by atoms with Crippen LogP contribution >= 0.6 is 27.5 Å². The maximum Gasteiger partial charge on any atom is 0.344 e. The molecule has 1 heterocycles. The molecule has 3 rings (SSSR count). The third-order valence-electron chi connectivity index (χ3n) is 5.08. The second kappa shape index (κ2) is 7.67. The minimum Gasteiger partial charge on any atom is -0.480 e. The summed E-state index contributed by atoms with van der Waals surface area (Å²) < 4.78 is 6.20. The largest absolute Gasteiger partial charge is 0.480 e. The molecule has 1 aliphatic heterocycles. The fourth-order valence-corrected chi connectivity index (χ4v) is 4.11. The van der Waals surface area contributed by atoms with E-state index in [1.165, 1.54) is 6.92 Å². The Kier molecular flexibility index (Phi) is 5.67. The number of urea groups is 1. The average molecular weight is 459 g/mol. The molecule has 4 amide bonds. The molecular formula is C18H21BrClN3O4. The quantitative estimate of drug-likeness (QED) is 0.677. The topological polar surface area (TPSA) is 87.7 Å². The number of nitrogens with zero attached hydrogens (tertiary/aromatic N) is 1. The van der Waals surface area contributed by atoms with Crippen LogP contribution in [0.2, 0.25) is 5.02 Å². The zero-order chi connectivity index (χ0) is 19.8. The molecule has 2 N–H and O–H groups in total. The Labute approximate surface area is 170 Å². The number of imide groups is 1. The van der Waals surface area contributed by atoms with Gasteiger partial charge in [-0.2, -0.15) is 5.01 Å². The minimum atomic E-state index is -0.925. The fourth-order valence-electron chi connectivity index (χ4n) is 3.33. The lowest BCUT2D eigenvalue weighted by molar-refractivity contribution is -0.142. The van der Waals surface area contributed by atoms with Crippen molar-refractivity contribution >= 4 is 45.4 Å². The first-order valence-electron chi connectivity index (χ1n) is 8.81. The Morgan fingerprint density at radius 3 is 2.70 bits per heavy atom. The summed E-state index contributed by atoms with van der Waals surface area (Å²) in [5, 5.41) is 4.06. The highest BCUT2D eigenvalue weighted by Gasteiger charge is 2.53. The number of nitrogens with one attached hydrogen (secondary N) is 2. The first-order chi connectivity index (χ1) is 12.7. The predicted octanol–water partition coefficient (Wildman–Crippen LogP) is 3.40. The Morgan fingerprint density at radius 2 is 2.07 bits per heavy atom. The molecule has 0 aromatic heterocycles. The second-order valence-electron chi connectivity index (χ2n) is 7.15. The molecule has 1 aromatic carbocycles. The Balaban J connectivity index is 1.64. The van der Waals surface area contributed by atoms with Crippen LogP contribution in [-0.4, -0.2) is 34.5 Å². The van der Waals surface area contributed by atoms with Gasteiger partial charge in [0.05, 0.1) is 4.47 Å². The summed E-state index contributed by atoms with van der Waals surface area (Å²) in [6.45, 7) is 3.66. The number of rotatable bonds is 4. The standard InChI is InChI=1S/C18H21BrClN3O4/c1-10-5-7-18(8-6-10)16(25)23(17(26)21-18)22-15(24)11(2)27-14-4-3-12(20)9-13(14)19/h3-4,9-11H,5-8H2,1-2H3,(H,21,26)(H,22,24). The van der Waals surface area contributed by atoms with Gasteiger partial charge in [0, 0.05) is 5.02 Å². The van der Waals surface area contributed by atoms with Crippen LogP contribution in [-0.2, 0) is 9.59 Å². The Morgan fingerprint density at radius 1 is 1.41 bits per heavy atom.